The summed E-state index contributed by atoms with van der Waals surface area (Å²) in [5.41, 5.74) is 2.45. The summed E-state index contributed by atoms with van der Waals surface area (Å²) in [6.07, 6.45) is 0. The van der Waals surface area contributed by atoms with Crippen LogP contribution in [0.15, 0.2) is 54.6 Å². The van der Waals surface area contributed by atoms with E-state index in [0.717, 1.165) is 13.1 Å². The summed E-state index contributed by atoms with van der Waals surface area (Å²) >= 11 is 0. The van der Waals surface area contributed by atoms with Crippen LogP contribution in [0.5, 0.6) is 0 Å². The molecular weight excluding hydrogens is 326 g/mol. The minimum Gasteiger partial charge on any atom is -0.350 e. The predicted octanol–water partition coefficient (Wildman–Crippen LogP) is 3.46. The number of hydrogen-bond donors (Lipinski definition) is 2. The van der Waals surface area contributed by atoms with Crippen LogP contribution in [0.3, 0.4) is 0 Å². The number of carbonyl (C=O) groups excluding carboxylic acids is 2. The van der Waals surface area contributed by atoms with Crippen LogP contribution in [0.1, 0.15) is 42.7 Å². The minimum atomic E-state index is -0.132. The van der Waals surface area contributed by atoms with Crippen molar-refractivity contribution in [3.63, 3.8) is 0 Å². The van der Waals surface area contributed by atoms with Gasteiger partial charge in [-0.05, 0) is 42.9 Å². The van der Waals surface area contributed by atoms with Gasteiger partial charge in [0.2, 0.25) is 5.91 Å². The molecule has 5 heteroatoms. The predicted molar refractivity (Wildman–Crippen MR) is 105 cm³/mol. The molecule has 2 aromatic carbocycles. The molecule has 0 radical (unpaired) electrons. The van der Waals surface area contributed by atoms with E-state index in [-0.39, 0.29) is 17.9 Å². The van der Waals surface area contributed by atoms with E-state index in [2.05, 4.69) is 41.5 Å². The lowest BCUT2D eigenvalue weighted by Gasteiger charge is -2.30. The summed E-state index contributed by atoms with van der Waals surface area (Å²) in [4.78, 5) is 25.9. The maximum absolute atomic E-state index is 12.5. The van der Waals surface area contributed by atoms with E-state index in [1.807, 2.05) is 18.2 Å². The van der Waals surface area contributed by atoms with Crippen LogP contribution < -0.4 is 10.6 Å². The Hall–Kier alpha value is -2.66. The van der Waals surface area contributed by atoms with Gasteiger partial charge in [0, 0.05) is 24.7 Å². The van der Waals surface area contributed by atoms with Crippen molar-refractivity contribution >= 4 is 17.5 Å². The lowest BCUT2D eigenvalue weighted by atomic mass is 10.0. The molecule has 1 atom stereocenters. The van der Waals surface area contributed by atoms with Gasteiger partial charge in [-0.1, -0.05) is 44.2 Å². The van der Waals surface area contributed by atoms with Crippen molar-refractivity contribution in [3.8, 4) is 0 Å². The number of amides is 2. The zero-order valence-corrected chi connectivity index (χ0v) is 15.7. The average Bonchev–Trinajstić information content (AvgIpc) is 2.65. The van der Waals surface area contributed by atoms with E-state index in [1.165, 1.54) is 12.5 Å². The van der Waals surface area contributed by atoms with Crippen LogP contribution in [-0.4, -0.2) is 36.3 Å². The Labute approximate surface area is 155 Å². The van der Waals surface area contributed by atoms with Crippen molar-refractivity contribution in [1.82, 2.24) is 10.2 Å². The van der Waals surface area contributed by atoms with Crippen LogP contribution >= 0.6 is 0 Å². The van der Waals surface area contributed by atoms with E-state index < -0.39 is 0 Å². The first-order valence-corrected chi connectivity index (χ1v) is 9.00. The molecule has 2 N–H and O–H groups in total. The summed E-state index contributed by atoms with van der Waals surface area (Å²) in [7, 11) is 0. The maximum Gasteiger partial charge on any atom is 0.251 e. The van der Waals surface area contributed by atoms with Gasteiger partial charge in [-0.3, -0.25) is 14.5 Å². The maximum atomic E-state index is 12.5. The Bertz CT molecular complexity index is 710. The number of anilines is 1. The van der Waals surface area contributed by atoms with Crippen LogP contribution in [-0.2, 0) is 4.79 Å². The van der Waals surface area contributed by atoms with Crippen LogP contribution in [0.4, 0.5) is 5.69 Å². The van der Waals surface area contributed by atoms with Gasteiger partial charge in [0.25, 0.3) is 5.91 Å². The second kappa shape index (κ2) is 9.73. The van der Waals surface area contributed by atoms with E-state index in [4.69, 9.17) is 0 Å². The summed E-state index contributed by atoms with van der Waals surface area (Å²) < 4.78 is 0. The zero-order chi connectivity index (χ0) is 18.9. The molecule has 5 nitrogen and oxygen atoms in total. The monoisotopic (exact) mass is 353 g/mol. The molecule has 0 saturated carbocycles. The molecule has 0 fully saturated rings. The van der Waals surface area contributed by atoms with Gasteiger partial charge in [0.15, 0.2) is 0 Å². The summed E-state index contributed by atoms with van der Waals surface area (Å²) in [6, 6.07) is 17.3. The van der Waals surface area contributed by atoms with Crippen LogP contribution in [0.2, 0.25) is 0 Å². The van der Waals surface area contributed by atoms with Gasteiger partial charge < -0.3 is 10.6 Å². The van der Waals surface area contributed by atoms with Crippen LogP contribution in [0.25, 0.3) is 0 Å². The standard InChI is InChI=1S/C21H27N3O2/c1-4-24(5-2)20(17-9-7-6-8-10-17)15-22-21(26)18-11-13-19(14-12-18)23-16(3)25/h6-14,20H,4-5,15H2,1-3H3,(H,22,26)(H,23,25)/t20-/m1/s1. The molecule has 0 aliphatic carbocycles. The van der Waals surface area contributed by atoms with Crippen LogP contribution in [0, 0.1) is 0 Å². The minimum absolute atomic E-state index is 0.118. The molecule has 0 aliphatic heterocycles. The topological polar surface area (TPSA) is 61.4 Å². The number of nitrogens with zero attached hydrogens (tertiary/aromatic N) is 1. The number of carbonyl (C=O) groups is 2. The molecule has 138 valence electrons. The summed E-state index contributed by atoms with van der Waals surface area (Å²) in [5, 5.41) is 5.73. The quantitative estimate of drug-likeness (QED) is 0.764. The fourth-order valence-corrected chi connectivity index (χ4v) is 3.00. The third-order valence-corrected chi connectivity index (χ3v) is 4.36. The molecule has 0 heterocycles. The Morgan fingerprint density at radius 2 is 1.58 bits per heavy atom. The number of benzene rings is 2. The van der Waals surface area contributed by atoms with Gasteiger partial charge in [-0.25, -0.2) is 0 Å². The molecule has 0 aromatic heterocycles. The third-order valence-electron chi connectivity index (χ3n) is 4.36. The van der Waals surface area contributed by atoms with Crippen molar-refractivity contribution < 1.29 is 9.59 Å². The first kappa shape index (κ1) is 19.7. The molecule has 0 bridgehead atoms. The fourth-order valence-electron chi connectivity index (χ4n) is 3.00. The first-order valence-electron chi connectivity index (χ1n) is 9.00. The lowest BCUT2D eigenvalue weighted by Crippen LogP contribution is -2.38. The number of nitrogens with one attached hydrogen (secondary N) is 2. The van der Waals surface area contributed by atoms with Gasteiger partial charge in [-0.2, -0.15) is 0 Å². The van der Waals surface area contributed by atoms with Gasteiger partial charge in [0.05, 0.1) is 6.04 Å². The lowest BCUT2D eigenvalue weighted by molar-refractivity contribution is -0.114. The van der Waals surface area contributed by atoms with Crippen molar-refractivity contribution in [2.75, 3.05) is 25.0 Å². The van der Waals surface area contributed by atoms with Crippen molar-refractivity contribution in [1.29, 1.82) is 0 Å². The SMILES string of the molecule is CCN(CC)[C@H](CNC(=O)c1ccc(NC(C)=O)cc1)c1ccccc1. The Morgan fingerprint density at radius 1 is 0.962 bits per heavy atom. The number of hydrogen-bond acceptors (Lipinski definition) is 3. The molecule has 2 amide bonds. The highest BCUT2D eigenvalue weighted by Crippen LogP contribution is 2.19. The number of likely N-dealkylation sites (N-methyl/N-ethyl adjacent to an activating group) is 1. The van der Waals surface area contributed by atoms with E-state index in [1.54, 1.807) is 24.3 Å². The highest BCUT2D eigenvalue weighted by atomic mass is 16.2. The molecule has 0 unspecified atom stereocenters. The molecule has 26 heavy (non-hydrogen) atoms. The van der Waals surface area contributed by atoms with Crippen molar-refractivity contribution in [2.24, 2.45) is 0 Å². The Kier molecular flexibility index (Phi) is 7.36. The highest BCUT2D eigenvalue weighted by Gasteiger charge is 2.19. The first-order chi connectivity index (χ1) is 12.5. The Morgan fingerprint density at radius 3 is 2.12 bits per heavy atom. The van der Waals surface area contributed by atoms with E-state index in [9.17, 15) is 9.59 Å². The molecule has 0 spiro atoms. The highest BCUT2D eigenvalue weighted by molar-refractivity contribution is 5.95. The van der Waals surface area contributed by atoms with Crippen molar-refractivity contribution in [2.45, 2.75) is 26.8 Å². The fraction of sp³-hybridized carbons (Fsp3) is 0.333. The van der Waals surface area contributed by atoms with Crippen molar-refractivity contribution in [3.05, 3.63) is 65.7 Å². The molecular formula is C21H27N3O2. The Balaban J connectivity index is 2.05. The third kappa shape index (κ3) is 5.43. The average molecular weight is 353 g/mol. The largest absolute Gasteiger partial charge is 0.350 e. The summed E-state index contributed by atoms with van der Waals surface area (Å²) in [5.74, 6) is -0.250. The molecule has 0 aliphatic rings. The smallest absolute Gasteiger partial charge is 0.251 e. The van der Waals surface area contributed by atoms with E-state index in [0.29, 0.717) is 17.8 Å². The second-order valence-corrected chi connectivity index (χ2v) is 6.12. The second-order valence-electron chi connectivity index (χ2n) is 6.12. The van der Waals surface area contributed by atoms with E-state index >= 15 is 0 Å². The molecule has 2 aromatic rings. The molecule has 2 rings (SSSR count). The van der Waals surface area contributed by atoms with Gasteiger partial charge >= 0.3 is 0 Å². The summed E-state index contributed by atoms with van der Waals surface area (Å²) in [6.45, 7) is 8.08. The molecule has 0 saturated heterocycles. The van der Waals surface area contributed by atoms with Gasteiger partial charge in [0.1, 0.15) is 0 Å². The normalized spacial score (nSPS) is 11.8. The zero-order valence-electron chi connectivity index (χ0n) is 15.7. The number of rotatable bonds is 8. The van der Waals surface area contributed by atoms with Gasteiger partial charge in [-0.15, -0.1) is 0 Å².